The molecule has 1 nitrogen and oxygen atoms in total. The zero-order valence-corrected chi connectivity index (χ0v) is 11.8. The van der Waals surface area contributed by atoms with Crippen molar-refractivity contribution in [2.45, 2.75) is 26.7 Å². The molecule has 0 aliphatic carbocycles. The van der Waals surface area contributed by atoms with Crippen LogP contribution in [0, 0.1) is 5.92 Å². The fourth-order valence-electron chi connectivity index (χ4n) is 1.58. The van der Waals surface area contributed by atoms with Gasteiger partial charge in [-0.1, -0.05) is 55.1 Å². The Hall–Kier alpha value is -0.110. The molecule has 0 aliphatic rings. The van der Waals surface area contributed by atoms with E-state index >= 15 is 0 Å². The molecule has 1 atom stereocenters. The molecule has 1 aromatic rings. The second-order valence-corrected chi connectivity index (χ2v) is 5.27. The number of hydrogen-bond acceptors (Lipinski definition) is 1. The molecule has 0 aliphatic heterocycles. The lowest BCUT2D eigenvalue weighted by Crippen LogP contribution is -2.11. The van der Waals surface area contributed by atoms with Crippen molar-refractivity contribution in [1.82, 2.24) is 0 Å². The molecule has 0 spiro atoms. The molecular weight excluding hydrogens is 264 g/mol. The third kappa shape index (κ3) is 4.04. The van der Waals surface area contributed by atoms with Gasteiger partial charge in [0.05, 0.1) is 15.7 Å². The van der Waals surface area contributed by atoms with Gasteiger partial charge in [-0.3, -0.25) is 0 Å². The lowest BCUT2D eigenvalue weighted by atomic mass is 10.1. The van der Waals surface area contributed by atoms with Crippen molar-refractivity contribution in [2.24, 2.45) is 5.92 Å². The van der Waals surface area contributed by atoms with E-state index in [4.69, 9.17) is 34.8 Å². The Morgan fingerprint density at radius 1 is 1.19 bits per heavy atom. The van der Waals surface area contributed by atoms with E-state index in [-0.39, 0.29) is 0 Å². The maximum absolute atomic E-state index is 6.06. The number of rotatable bonds is 5. The number of benzene rings is 1. The van der Waals surface area contributed by atoms with E-state index in [2.05, 4.69) is 19.2 Å². The van der Waals surface area contributed by atoms with Crippen LogP contribution >= 0.6 is 34.8 Å². The van der Waals surface area contributed by atoms with Crippen molar-refractivity contribution in [2.75, 3.05) is 11.9 Å². The van der Waals surface area contributed by atoms with Gasteiger partial charge in [0.1, 0.15) is 0 Å². The van der Waals surface area contributed by atoms with Crippen LogP contribution in [0.2, 0.25) is 15.1 Å². The number of anilines is 1. The minimum absolute atomic E-state index is 0.558. The highest BCUT2D eigenvalue weighted by Crippen LogP contribution is 2.33. The highest BCUT2D eigenvalue weighted by molar-refractivity contribution is 6.41. The molecule has 0 amide bonds. The Balaban J connectivity index is 2.67. The topological polar surface area (TPSA) is 12.0 Å². The molecular formula is C12H16Cl3N. The lowest BCUT2D eigenvalue weighted by molar-refractivity contribution is 0.551. The fraction of sp³-hybridized carbons (Fsp3) is 0.500. The van der Waals surface area contributed by atoms with Gasteiger partial charge in [0.15, 0.2) is 0 Å². The molecule has 1 N–H and O–H groups in total. The van der Waals surface area contributed by atoms with Gasteiger partial charge in [-0.2, -0.15) is 0 Å². The fourth-order valence-corrected chi connectivity index (χ4v) is 2.53. The zero-order chi connectivity index (χ0) is 12.1. The third-order valence-corrected chi connectivity index (χ3v) is 3.23. The summed E-state index contributed by atoms with van der Waals surface area (Å²) in [6.07, 6.45) is 2.38. The summed E-state index contributed by atoms with van der Waals surface area (Å²) in [6.45, 7) is 5.25. The van der Waals surface area contributed by atoms with Crippen molar-refractivity contribution in [3.63, 3.8) is 0 Å². The van der Waals surface area contributed by atoms with Crippen LogP contribution in [0.5, 0.6) is 0 Å². The summed E-state index contributed by atoms with van der Waals surface area (Å²) in [4.78, 5) is 0. The molecule has 0 aromatic heterocycles. The minimum atomic E-state index is 0.558. The Kier molecular flexibility index (Phi) is 5.74. The molecule has 0 radical (unpaired) electrons. The SMILES string of the molecule is CCCC(C)CNc1c(Cl)cc(Cl)cc1Cl. The van der Waals surface area contributed by atoms with E-state index in [9.17, 15) is 0 Å². The van der Waals surface area contributed by atoms with E-state index in [1.807, 2.05) is 0 Å². The maximum Gasteiger partial charge on any atom is 0.0720 e. The first-order chi connectivity index (χ1) is 7.54. The summed E-state index contributed by atoms with van der Waals surface area (Å²) in [5.74, 6) is 0.604. The largest absolute Gasteiger partial charge is 0.382 e. The Labute approximate surface area is 112 Å². The van der Waals surface area contributed by atoms with Gasteiger partial charge in [0.2, 0.25) is 0 Å². The summed E-state index contributed by atoms with van der Waals surface area (Å²) in [7, 11) is 0. The van der Waals surface area contributed by atoms with Gasteiger partial charge in [0, 0.05) is 11.6 Å². The highest BCUT2D eigenvalue weighted by atomic mass is 35.5. The zero-order valence-electron chi connectivity index (χ0n) is 9.49. The molecule has 0 saturated carbocycles. The van der Waals surface area contributed by atoms with Crippen molar-refractivity contribution < 1.29 is 0 Å². The van der Waals surface area contributed by atoms with Gasteiger partial charge >= 0.3 is 0 Å². The molecule has 0 saturated heterocycles. The van der Waals surface area contributed by atoms with Crippen LogP contribution in [-0.2, 0) is 0 Å². The van der Waals surface area contributed by atoms with Crippen molar-refractivity contribution in [3.05, 3.63) is 27.2 Å². The molecule has 16 heavy (non-hydrogen) atoms. The normalized spacial score (nSPS) is 12.6. The molecule has 90 valence electrons. The first kappa shape index (κ1) is 14.0. The van der Waals surface area contributed by atoms with Gasteiger partial charge in [-0.05, 0) is 24.5 Å². The summed E-state index contributed by atoms with van der Waals surface area (Å²) in [5, 5.41) is 4.97. The van der Waals surface area contributed by atoms with E-state index in [1.54, 1.807) is 12.1 Å². The second-order valence-electron chi connectivity index (χ2n) is 4.02. The van der Waals surface area contributed by atoms with Crippen LogP contribution < -0.4 is 5.32 Å². The van der Waals surface area contributed by atoms with Crippen molar-refractivity contribution in [1.29, 1.82) is 0 Å². The first-order valence-corrected chi connectivity index (χ1v) is 6.56. The van der Waals surface area contributed by atoms with Gasteiger partial charge in [0.25, 0.3) is 0 Å². The quantitative estimate of drug-likeness (QED) is 0.751. The standard InChI is InChI=1S/C12H16Cl3N/c1-3-4-8(2)7-16-12-10(14)5-9(13)6-11(12)15/h5-6,8,16H,3-4,7H2,1-2H3. The first-order valence-electron chi connectivity index (χ1n) is 5.43. The van der Waals surface area contributed by atoms with Gasteiger partial charge < -0.3 is 5.32 Å². The molecule has 1 unspecified atom stereocenters. The third-order valence-electron chi connectivity index (χ3n) is 2.42. The average molecular weight is 281 g/mol. The van der Waals surface area contributed by atoms with E-state index in [0.29, 0.717) is 21.0 Å². The molecule has 0 bridgehead atoms. The van der Waals surface area contributed by atoms with Crippen LogP contribution in [0.15, 0.2) is 12.1 Å². The van der Waals surface area contributed by atoms with Gasteiger partial charge in [-0.15, -0.1) is 0 Å². The molecule has 4 heteroatoms. The smallest absolute Gasteiger partial charge is 0.0720 e. The minimum Gasteiger partial charge on any atom is -0.382 e. The summed E-state index contributed by atoms with van der Waals surface area (Å²) < 4.78 is 0. The molecule has 1 aromatic carbocycles. The molecule has 0 fully saturated rings. The highest BCUT2D eigenvalue weighted by Gasteiger charge is 2.08. The van der Waals surface area contributed by atoms with Crippen LogP contribution in [0.1, 0.15) is 26.7 Å². The maximum atomic E-state index is 6.06. The number of nitrogens with one attached hydrogen (secondary N) is 1. The van der Waals surface area contributed by atoms with E-state index in [1.165, 1.54) is 12.8 Å². The average Bonchev–Trinajstić information content (AvgIpc) is 2.16. The van der Waals surface area contributed by atoms with Crippen LogP contribution in [0.25, 0.3) is 0 Å². The summed E-state index contributed by atoms with van der Waals surface area (Å²) >= 11 is 18.0. The van der Waals surface area contributed by atoms with E-state index < -0.39 is 0 Å². The molecule has 1 rings (SSSR count). The van der Waals surface area contributed by atoms with Crippen molar-refractivity contribution in [3.8, 4) is 0 Å². The van der Waals surface area contributed by atoms with Crippen LogP contribution in [0.4, 0.5) is 5.69 Å². The van der Waals surface area contributed by atoms with E-state index in [0.717, 1.165) is 12.2 Å². The van der Waals surface area contributed by atoms with Crippen molar-refractivity contribution >= 4 is 40.5 Å². The van der Waals surface area contributed by atoms with Crippen LogP contribution in [-0.4, -0.2) is 6.54 Å². The number of hydrogen-bond donors (Lipinski definition) is 1. The summed E-state index contributed by atoms with van der Waals surface area (Å²) in [5.41, 5.74) is 0.774. The monoisotopic (exact) mass is 279 g/mol. The lowest BCUT2D eigenvalue weighted by Gasteiger charge is -2.15. The predicted octanol–water partition coefficient (Wildman–Crippen LogP) is 5.49. The Morgan fingerprint density at radius 3 is 2.25 bits per heavy atom. The Bertz CT molecular complexity index is 329. The van der Waals surface area contributed by atoms with Crippen LogP contribution in [0.3, 0.4) is 0 Å². The Morgan fingerprint density at radius 2 is 1.75 bits per heavy atom. The number of halogens is 3. The predicted molar refractivity (Wildman–Crippen MR) is 74.0 cm³/mol. The van der Waals surface area contributed by atoms with Gasteiger partial charge in [-0.25, -0.2) is 0 Å². The molecule has 0 heterocycles. The second kappa shape index (κ2) is 6.58. The summed E-state index contributed by atoms with van der Waals surface area (Å²) in [6, 6.07) is 3.39.